The summed E-state index contributed by atoms with van der Waals surface area (Å²) in [5, 5.41) is 12.2. The van der Waals surface area contributed by atoms with Crippen molar-refractivity contribution >= 4 is 40.3 Å². The van der Waals surface area contributed by atoms with Gasteiger partial charge in [-0.15, -0.1) is 6.58 Å². The smallest absolute Gasteiger partial charge is 0.263 e. The van der Waals surface area contributed by atoms with E-state index in [1.54, 1.807) is 24.3 Å². The van der Waals surface area contributed by atoms with Crippen molar-refractivity contribution in [2.75, 3.05) is 0 Å². The number of thioether (sulfide) groups is 1. The third-order valence-electron chi connectivity index (χ3n) is 2.41. The minimum atomic E-state index is -0.177. The van der Waals surface area contributed by atoms with Gasteiger partial charge in [-0.3, -0.25) is 4.79 Å². The number of benzene rings is 1. The summed E-state index contributed by atoms with van der Waals surface area (Å²) >= 11 is 6.16. The first-order chi connectivity index (χ1) is 8.60. The number of nitrogens with one attached hydrogen (secondary N) is 1. The summed E-state index contributed by atoms with van der Waals surface area (Å²) < 4.78 is 0.469. The van der Waals surface area contributed by atoms with E-state index in [0.717, 1.165) is 11.1 Å². The van der Waals surface area contributed by atoms with Crippen LogP contribution in [0.1, 0.15) is 11.1 Å². The summed E-state index contributed by atoms with van der Waals surface area (Å²) in [5.74, 6) is 0.0550. The van der Waals surface area contributed by atoms with E-state index in [1.165, 1.54) is 11.8 Å². The first-order valence-electron chi connectivity index (χ1n) is 5.28. The number of carbonyl (C=O) groups is 1. The minimum Gasteiger partial charge on any atom is -0.508 e. The number of hydrogen-bond acceptors (Lipinski definition) is 4. The van der Waals surface area contributed by atoms with Crippen LogP contribution in [0.15, 0.2) is 35.8 Å². The standard InChI is InChI=1S/C13H11NO2S2/c1-2-3-9-6-8(4-5-10(9)15)7-11-12(16)14-13(17)18-11/h2,4-7,15H,1,3H2,(H,14,16,17)/b11-7+. The van der Waals surface area contributed by atoms with E-state index in [4.69, 9.17) is 12.2 Å². The SMILES string of the molecule is C=CCc1cc(/C=C2/SC(=S)NC2=O)ccc1O. The lowest BCUT2D eigenvalue weighted by Crippen LogP contribution is -2.17. The maximum Gasteiger partial charge on any atom is 0.263 e. The van der Waals surface area contributed by atoms with Gasteiger partial charge in [0, 0.05) is 0 Å². The van der Waals surface area contributed by atoms with E-state index in [9.17, 15) is 9.90 Å². The molecular formula is C13H11NO2S2. The highest BCUT2D eigenvalue weighted by molar-refractivity contribution is 8.26. The van der Waals surface area contributed by atoms with Gasteiger partial charge in [0.25, 0.3) is 5.91 Å². The molecule has 2 N–H and O–H groups in total. The number of hydrogen-bond donors (Lipinski definition) is 2. The molecule has 0 aliphatic carbocycles. The first-order valence-corrected chi connectivity index (χ1v) is 6.50. The zero-order valence-electron chi connectivity index (χ0n) is 9.47. The lowest BCUT2D eigenvalue weighted by Gasteiger charge is -2.03. The van der Waals surface area contributed by atoms with Crippen molar-refractivity contribution in [2.45, 2.75) is 6.42 Å². The summed E-state index contributed by atoms with van der Waals surface area (Å²) in [6, 6.07) is 5.20. The zero-order valence-corrected chi connectivity index (χ0v) is 11.1. The molecule has 1 aromatic rings. The molecule has 2 rings (SSSR count). The van der Waals surface area contributed by atoms with Gasteiger partial charge in [-0.1, -0.05) is 36.1 Å². The zero-order chi connectivity index (χ0) is 13.1. The number of allylic oxidation sites excluding steroid dienone is 1. The molecule has 1 amide bonds. The highest BCUT2D eigenvalue weighted by Crippen LogP contribution is 2.27. The lowest BCUT2D eigenvalue weighted by molar-refractivity contribution is -0.115. The van der Waals surface area contributed by atoms with Crippen molar-refractivity contribution < 1.29 is 9.90 Å². The number of rotatable bonds is 3. The highest BCUT2D eigenvalue weighted by atomic mass is 32.2. The summed E-state index contributed by atoms with van der Waals surface area (Å²) in [6.45, 7) is 3.64. The van der Waals surface area contributed by atoms with Crippen molar-refractivity contribution in [2.24, 2.45) is 0 Å². The van der Waals surface area contributed by atoms with Crippen LogP contribution in [0.5, 0.6) is 5.75 Å². The number of carbonyl (C=O) groups excluding carboxylic acids is 1. The molecule has 0 unspecified atom stereocenters. The fraction of sp³-hybridized carbons (Fsp3) is 0.0769. The topological polar surface area (TPSA) is 49.3 Å². The number of amides is 1. The molecule has 0 saturated carbocycles. The Morgan fingerprint density at radius 2 is 2.28 bits per heavy atom. The molecule has 0 bridgehead atoms. The predicted molar refractivity (Wildman–Crippen MR) is 78.3 cm³/mol. The molecule has 1 heterocycles. The van der Waals surface area contributed by atoms with Crippen molar-refractivity contribution in [1.82, 2.24) is 5.32 Å². The monoisotopic (exact) mass is 277 g/mol. The Bertz CT molecular complexity index is 564. The van der Waals surface area contributed by atoms with Crippen molar-refractivity contribution in [3.05, 3.63) is 46.9 Å². The average Bonchev–Trinajstić information content (AvgIpc) is 2.62. The second-order valence-electron chi connectivity index (χ2n) is 3.73. The Morgan fingerprint density at radius 3 is 2.89 bits per heavy atom. The van der Waals surface area contributed by atoms with Gasteiger partial charge in [0.05, 0.1) is 4.91 Å². The fourth-order valence-electron chi connectivity index (χ4n) is 1.59. The van der Waals surface area contributed by atoms with Gasteiger partial charge in [0.1, 0.15) is 10.1 Å². The number of thiocarbonyl (C=S) groups is 1. The second kappa shape index (κ2) is 5.37. The molecule has 0 aromatic heterocycles. The minimum absolute atomic E-state index is 0.177. The Balaban J connectivity index is 2.32. The normalized spacial score (nSPS) is 17.0. The second-order valence-corrected chi connectivity index (χ2v) is 5.45. The summed E-state index contributed by atoms with van der Waals surface area (Å²) in [6.07, 6.45) is 4.06. The third-order valence-corrected chi connectivity index (χ3v) is 3.57. The molecule has 0 atom stereocenters. The van der Waals surface area contributed by atoms with Gasteiger partial charge < -0.3 is 10.4 Å². The van der Waals surface area contributed by atoms with Crippen molar-refractivity contribution in [1.29, 1.82) is 0 Å². The molecule has 1 aliphatic rings. The van der Waals surface area contributed by atoms with Crippen molar-refractivity contribution in [3.63, 3.8) is 0 Å². The summed E-state index contributed by atoms with van der Waals surface area (Å²) in [5.41, 5.74) is 1.64. The molecule has 0 spiro atoms. The highest BCUT2D eigenvalue weighted by Gasteiger charge is 2.21. The molecule has 5 heteroatoms. The lowest BCUT2D eigenvalue weighted by atomic mass is 10.1. The summed E-state index contributed by atoms with van der Waals surface area (Å²) in [4.78, 5) is 12.1. The molecule has 18 heavy (non-hydrogen) atoms. The van der Waals surface area contributed by atoms with Gasteiger partial charge >= 0.3 is 0 Å². The van der Waals surface area contributed by atoms with Crippen LogP contribution < -0.4 is 5.32 Å². The van der Waals surface area contributed by atoms with E-state index in [-0.39, 0.29) is 11.7 Å². The van der Waals surface area contributed by atoms with Crippen LogP contribution in [-0.4, -0.2) is 15.3 Å². The van der Waals surface area contributed by atoms with Crippen LogP contribution in [0.4, 0.5) is 0 Å². The number of aromatic hydroxyl groups is 1. The van der Waals surface area contributed by atoms with E-state index < -0.39 is 0 Å². The van der Waals surface area contributed by atoms with E-state index in [1.807, 2.05) is 6.07 Å². The van der Waals surface area contributed by atoms with Gasteiger partial charge in [-0.05, 0) is 35.8 Å². The molecule has 0 radical (unpaired) electrons. The summed E-state index contributed by atoms with van der Waals surface area (Å²) in [7, 11) is 0. The van der Waals surface area contributed by atoms with Gasteiger partial charge in [-0.2, -0.15) is 0 Å². The molecule has 1 saturated heterocycles. The van der Waals surface area contributed by atoms with Crippen LogP contribution in [0.2, 0.25) is 0 Å². The molecular weight excluding hydrogens is 266 g/mol. The van der Waals surface area contributed by atoms with Gasteiger partial charge in [0.15, 0.2) is 0 Å². The van der Waals surface area contributed by atoms with Crippen LogP contribution in [0.25, 0.3) is 6.08 Å². The molecule has 3 nitrogen and oxygen atoms in total. The van der Waals surface area contributed by atoms with Gasteiger partial charge in [-0.25, -0.2) is 0 Å². The van der Waals surface area contributed by atoms with Crippen LogP contribution in [0.3, 0.4) is 0 Å². The number of phenols is 1. The Kier molecular flexibility index (Phi) is 3.84. The van der Waals surface area contributed by atoms with Gasteiger partial charge in [0.2, 0.25) is 0 Å². The molecule has 1 aliphatic heterocycles. The van der Waals surface area contributed by atoms with Crippen LogP contribution in [-0.2, 0) is 11.2 Å². The third kappa shape index (κ3) is 2.80. The van der Waals surface area contributed by atoms with E-state index in [2.05, 4.69) is 11.9 Å². The quantitative estimate of drug-likeness (QED) is 0.506. The van der Waals surface area contributed by atoms with Crippen LogP contribution >= 0.6 is 24.0 Å². The Hall–Kier alpha value is -1.59. The van der Waals surface area contributed by atoms with Crippen LogP contribution in [0, 0.1) is 0 Å². The number of phenolic OH excluding ortho intramolecular Hbond substituents is 1. The van der Waals surface area contributed by atoms with Crippen molar-refractivity contribution in [3.8, 4) is 5.75 Å². The molecule has 1 fully saturated rings. The maximum atomic E-state index is 11.5. The van der Waals surface area contributed by atoms with E-state index in [0.29, 0.717) is 15.6 Å². The molecule has 92 valence electrons. The predicted octanol–water partition coefficient (Wildman–Crippen LogP) is 2.61. The average molecular weight is 277 g/mol. The first kappa shape index (κ1) is 12.9. The largest absolute Gasteiger partial charge is 0.508 e. The fourth-order valence-corrected chi connectivity index (χ4v) is 2.63. The van der Waals surface area contributed by atoms with E-state index >= 15 is 0 Å². The maximum absolute atomic E-state index is 11.5. The molecule has 1 aromatic carbocycles. The Labute approximate surface area is 115 Å². The Morgan fingerprint density at radius 1 is 1.50 bits per heavy atom.